The van der Waals surface area contributed by atoms with Crippen molar-refractivity contribution in [2.75, 3.05) is 0 Å². The largest absolute Gasteiger partial charge is 0.457 e. The molecule has 3 aromatic rings. The number of halogens is 3. The van der Waals surface area contributed by atoms with Gasteiger partial charge in [0.25, 0.3) is 0 Å². The molecule has 0 aromatic heterocycles. The predicted octanol–water partition coefficient (Wildman–Crippen LogP) is 6.06. The summed E-state index contributed by atoms with van der Waals surface area (Å²) in [6.07, 6.45) is 0. The van der Waals surface area contributed by atoms with Gasteiger partial charge in [0.05, 0.1) is 10.0 Å². The van der Waals surface area contributed by atoms with Crippen LogP contribution in [-0.4, -0.2) is 5.78 Å². The molecule has 3 aromatic carbocycles. The summed E-state index contributed by atoms with van der Waals surface area (Å²) in [5.74, 6) is -0.853. The van der Waals surface area contributed by atoms with Crippen LogP contribution < -0.4 is 4.74 Å². The second kappa shape index (κ2) is 7.15. The number of ketones is 1. The Morgan fingerprint density at radius 3 is 2.16 bits per heavy atom. The van der Waals surface area contributed by atoms with Crippen molar-refractivity contribution in [3.63, 3.8) is 0 Å². The zero-order valence-electron chi connectivity index (χ0n) is 13.2. The number of carbonyl (C=O) groups is 1. The minimum absolute atomic E-state index is 0.0544. The van der Waals surface area contributed by atoms with Crippen LogP contribution in [0.1, 0.15) is 21.5 Å². The van der Waals surface area contributed by atoms with Crippen LogP contribution in [0.15, 0.2) is 65.1 Å². The summed E-state index contributed by atoms with van der Waals surface area (Å²) in [5, 5.41) is 0. The fourth-order valence-corrected chi connectivity index (χ4v) is 2.88. The smallest absolute Gasteiger partial charge is 0.196 e. The van der Waals surface area contributed by atoms with Gasteiger partial charge >= 0.3 is 0 Å². The molecule has 25 heavy (non-hydrogen) atoms. The van der Waals surface area contributed by atoms with E-state index in [2.05, 4.69) is 15.9 Å². The van der Waals surface area contributed by atoms with E-state index in [0.29, 0.717) is 11.5 Å². The Hall–Kier alpha value is -2.53. The number of hydrogen-bond donors (Lipinski definition) is 0. The van der Waals surface area contributed by atoms with Crippen molar-refractivity contribution in [3.8, 4) is 11.5 Å². The summed E-state index contributed by atoms with van der Waals surface area (Å²) in [4.78, 5) is 12.5. The minimum Gasteiger partial charge on any atom is -0.457 e. The molecule has 0 radical (unpaired) electrons. The van der Waals surface area contributed by atoms with Gasteiger partial charge in [-0.25, -0.2) is 8.78 Å². The Morgan fingerprint density at radius 1 is 0.920 bits per heavy atom. The molecule has 0 unspecified atom stereocenters. The molecule has 0 atom stereocenters. The first-order valence-electron chi connectivity index (χ1n) is 7.49. The lowest BCUT2D eigenvalue weighted by Gasteiger charge is -2.09. The van der Waals surface area contributed by atoms with E-state index >= 15 is 0 Å². The summed E-state index contributed by atoms with van der Waals surface area (Å²) >= 11 is 3.01. The topological polar surface area (TPSA) is 26.3 Å². The maximum atomic E-state index is 14.2. The van der Waals surface area contributed by atoms with Gasteiger partial charge in [-0.15, -0.1) is 0 Å². The molecule has 0 aliphatic heterocycles. The summed E-state index contributed by atoms with van der Waals surface area (Å²) < 4.78 is 33.6. The Kier molecular flexibility index (Phi) is 4.95. The van der Waals surface area contributed by atoms with Crippen molar-refractivity contribution in [1.29, 1.82) is 0 Å². The first kappa shape index (κ1) is 17.3. The molecule has 3 rings (SSSR count). The van der Waals surface area contributed by atoms with Crippen molar-refractivity contribution in [1.82, 2.24) is 0 Å². The van der Waals surface area contributed by atoms with Crippen molar-refractivity contribution >= 4 is 21.7 Å². The maximum Gasteiger partial charge on any atom is 0.196 e. The molecule has 0 fully saturated rings. The highest BCUT2D eigenvalue weighted by Gasteiger charge is 2.20. The Labute approximate surface area is 152 Å². The molecule has 0 saturated heterocycles. The Morgan fingerprint density at radius 2 is 1.52 bits per heavy atom. The van der Waals surface area contributed by atoms with Gasteiger partial charge in [-0.1, -0.05) is 18.2 Å². The highest BCUT2D eigenvalue weighted by molar-refractivity contribution is 9.10. The van der Waals surface area contributed by atoms with Gasteiger partial charge in [-0.05, 0) is 65.3 Å². The highest BCUT2D eigenvalue weighted by atomic mass is 79.9. The van der Waals surface area contributed by atoms with Gasteiger partial charge < -0.3 is 4.74 Å². The molecule has 5 heteroatoms. The maximum absolute atomic E-state index is 14.2. The molecule has 0 aliphatic rings. The quantitative estimate of drug-likeness (QED) is 0.391. The summed E-state index contributed by atoms with van der Waals surface area (Å²) in [5.41, 5.74) is -0.0820. The molecular weight excluding hydrogens is 390 g/mol. The van der Waals surface area contributed by atoms with Crippen LogP contribution in [-0.2, 0) is 0 Å². The van der Waals surface area contributed by atoms with Crippen LogP contribution in [0.4, 0.5) is 8.78 Å². The van der Waals surface area contributed by atoms with Crippen LogP contribution in [0.5, 0.6) is 11.5 Å². The molecule has 2 nitrogen and oxygen atoms in total. The number of ether oxygens (including phenoxy) is 1. The average Bonchev–Trinajstić information content (AvgIpc) is 2.64. The van der Waals surface area contributed by atoms with Crippen LogP contribution in [0.2, 0.25) is 0 Å². The summed E-state index contributed by atoms with van der Waals surface area (Å²) in [6, 6.07) is 16.7. The third-order valence-electron chi connectivity index (χ3n) is 3.72. The summed E-state index contributed by atoms with van der Waals surface area (Å²) in [7, 11) is 0. The van der Waals surface area contributed by atoms with E-state index in [9.17, 15) is 13.6 Å². The van der Waals surface area contributed by atoms with E-state index in [4.69, 9.17) is 4.74 Å². The monoisotopic (exact) mass is 402 g/mol. The molecule has 0 heterocycles. The molecule has 0 bridgehead atoms. The van der Waals surface area contributed by atoms with E-state index in [1.807, 2.05) is 30.3 Å². The first-order chi connectivity index (χ1) is 12.0. The zero-order chi connectivity index (χ0) is 18.0. The lowest BCUT2D eigenvalue weighted by molar-refractivity contribution is 0.103. The lowest BCUT2D eigenvalue weighted by Crippen LogP contribution is -2.07. The highest BCUT2D eigenvalue weighted by Crippen LogP contribution is 2.27. The molecule has 0 N–H and O–H groups in total. The van der Waals surface area contributed by atoms with E-state index in [1.165, 1.54) is 6.92 Å². The van der Waals surface area contributed by atoms with E-state index < -0.39 is 17.4 Å². The number of rotatable bonds is 4. The van der Waals surface area contributed by atoms with Crippen molar-refractivity contribution < 1.29 is 18.3 Å². The van der Waals surface area contributed by atoms with Gasteiger partial charge in [0.1, 0.15) is 23.1 Å². The SMILES string of the molecule is Cc1c(F)c(Br)cc(C(=O)c2ccc(Oc3ccccc3)cc2)c1F. The summed E-state index contributed by atoms with van der Waals surface area (Å²) in [6.45, 7) is 1.29. The van der Waals surface area contributed by atoms with Crippen LogP contribution in [0.25, 0.3) is 0 Å². The third kappa shape index (κ3) is 3.61. The standard InChI is InChI=1S/C20H13BrF2O2/c1-12-18(22)16(11-17(21)19(12)23)20(24)13-7-9-15(10-8-13)25-14-5-3-2-4-6-14/h2-11H,1H3. The number of carbonyl (C=O) groups excluding carboxylic acids is 1. The predicted molar refractivity (Wildman–Crippen MR) is 95.2 cm³/mol. The van der Waals surface area contributed by atoms with Gasteiger partial charge in [0.15, 0.2) is 5.78 Å². The van der Waals surface area contributed by atoms with Gasteiger partial charge in [0, 0.05) is 11.1 Å². The van der Waals surface area contributed by atoms with Gasteiger partial charge in [-0.2, -0.15) is 0 Å². The number of benzene rings is 3. The Bertz CT molecular complexity index is 923. The van der Waals surface area contributed by atoms with Crippen LogP contribution in [0.3, 0.4) is 0 Å². The molecule has 0 aliphatic carbocycles. The number of para-hydroxylation sites is 1. The average molecular weight is 403 g/mol. The van der Waals surface area contributed by atoms with Crippen molar-refractivity contribution in [2.45, 2.75) is 6.92 Å². The van der Waals surface area contributed by atoms with Crippen molar-refractivity contribution in [3.05, 3.63) is 93.5 Å². The van der Waals surface area contributed by atoms with E-state index in [-0.39, 0.29) is 21.2 Å². The molecule has 0 spiro atoms. The van der Waals surface area contributed by atoms with Gasteiger partial charge in [-0.3, -0.25) is 4.79 Å². The van der Waals surface area contributed by atoms with Gasteiger partial charge in [0.2, 0.25) is 0 Å². The van der Waals surface area contributed by atoms with E-state index in [1.54, 1.807) is 24.3 Å². The van der Waals surface area contributed by atoms with Crippen LogP contribution >= 0.6 is 15.9 Å². The first-order valence-corrected chi connectivity index (χ1v) is 8.28. The van der Waals surface area contributed by atoms with Crippen molar-refractivity contribution in [2.24, 2.45) is 0 Å². The second-order valence-corrected chi connectivity index (χ2v) is 6.28. The zero-order valence-corrected chi connectivity index (χ0v) is 14.8. The van der Waals surface area contributed by atoms with Crippen LogP contribution in [0, 0.1) is 18.6 Å². The Balaban J connectivity index is 1.87. The fraction of sp³-hybridized carbons (Fsp3) is 0.0500. The molecule has 126 valence electrons. The normalized spacial score (nSPS) is 10.6. The lowest BCUT2D eigenvalue weighted by atomic mass is 10.0. The molecule has 0 amide bonds. The molecular formula is C20H13BrF2O2. The third-order valence-corrected chi connectivity index (χ3v) is 4.29. The number of hydrogen-bond acceptors (Lipinski definition) is 2. The second-order valence-electron chi connectivity index (χ2n) is 5.43. The minimum atomic E-state index is -0.852. The fourth-order valence-electron chi connectivity index (χ4n) is 2.35. The van der Waals surface area contributed by atoms with E-state index in [0.717, 1.165) is 6.07 Å². The molecule has 0 saturated carbocycles.